The van der Waals surface area contributed by atoms with Gasteiger partial charge in [0.05, 0.1) is 11.8 Å². The van der Waals surface area contributed by atoms with Crippen LogP contribution < -0.4 is 9.47 Å². The first kappa shape index (κ1) is 42.5. The molecule has 1 saturated carbocycles. The van der Waals surface area contributed by atoms with Gasteiger partial charge in [-0.05, 0) is 60.1 Å². The molecule has 1 fully saturated rings. The molecule has 0 aromatic heterocycles. The van der Waals surface area contributed by atoms with Gasteiger partial charge in [-0.15, -0.1) is 0 Å². The Bertz CT molecular complexity index is 1290. The first-order valence-electron chi connectivity index (χ1n) is 23.3. The quantitative estimate of drug-likeness (QED) is 0.0455. The number of hydrogen-bond donors (Lipinski definition) is 0. The molecule has 2 aromatic rings. The van der Waals surface area contributed by atoms with Gasteiger partial charge >= 0.3 is 11.9 Å². The van der Waals surface area contributed by atoms with Gasteiger partial charge in [0.25, 0.3) is 0 Å². The number of aryl methyl sites for hydroxylation is 2. The van der Waals surface area contributed by atoms with Crippen molar-refractivity contribution in [2.24, 2.45) is 11.8 Å². The monoisotopic (exact) mass is 741 g/mol. The molecule has 4 heteroatoms. The SMILES string of the molecule is CCCCCCCCCCCCCCCCc1ccc2c(c1)[C@@H]1[C@H](C(=O)O2)[C@H]2C(=O)Oc3ccc(CCCCCCCCCCCCCCCC)cc3[C@H]21. The topological polar surface area (TPSA) is 52.6 Å². The second-order valence-electron chi connectivity index (χ2n) is 17.4. The number of ether oxygens (including phenoxy) is 2. The van der Waals surface area contributed by atoms with E-state index in [1.54, 1.807) is 0 Å². The molecule has 2 aliphatic heterocycles. The molecule has 0 N–H and O–H groups in total. The van der Waals surface area contributed by atoms with Crippen molar-refractivity contribution in [3.8, 4) is 11.5 Å². The van der Waals surface area contributed by atoms with Gasteiger partial charge in [-0.2, -0.15) is 0 Å². The molecule has 0 bridgehead atoms. The predicted molar refractivity (Wildman–Crippen MR) is 225 cm³/mol. The minimum absolute atomic E-state index is 0.0227. The Balaban J connectivity index is 1.03. The molecule has 4 nitrogen and oxygen atoms in total. The first-order chi connectivity index (χ1) is 26.6. The van der Waals surface area contributed by atoms with Crippen LogP contribution >= 0.6 is 0 Å². The Labute approximate surface area is 330 Å². The Kier molecular flexibility index (Phi) is 19.0. The molecule has 0 radical (unpaired) electrons. The Hall–Kier alpha value is -2.62. The van der Waals surface area contributed by atoms with Crippen LogP contribution in [0.5, 0.6) is 11.5 Å². The van der Waals surface area contributed by atoms with Crippen LogP contribution in [-0.4, -0.2) is 11.9 Å². The fraction of sp³-hybridized carbons (Fsp3) is 0.720. The van der Waals surface area contributed by atoms with Crippen molar-refractivity contribution >= 4 is 11.9 Å². The summed E-state index contributed by atoms with van der Waals surface area (Å²) >= 11 is 0. The maximum atomic E-state index is 13.2. The summed E-state index contributed by atoms with van der Waals surface area (Å²) in [4.78, 5) is 26.5. The second-order valence-corrected chi connectivity index (χ2v) is 17.4. The van der Waals surface area contributed by atoms with Crippen molar-refractivity contribution in [1.29, 1.82) is 0 Å². The van der Waals surface area contributed by atoms with Crippen molar-refractivity contribution < 1.29 is 19.1 Å². The van der Waals surface area contributed by atoms with Crippen LogP contribution in [-0.2, 0) is 22.4 Å². The van der Waals surface area contributed by atoms with E-state index >= 15 is 0 Å². The molecule has 3 aliphatic rings. The molecule has 1 aliphatic carbocycles. The van der Waals surface area contributed by atoms with Crippen LogP contribution in [0, 0.1) is 11.8 Å². The van der Waals surface area contributed by atoms with E-state index in [2.05, 4.69) is 38.1 Å². The van der Waals surface area contributed by atoms with Crippen molar-refractivity contribution in [3.63, 3.8) is 0 Å². The van der Waals surface area contributed by atoms with E-state index in [9.17, 15) is 9.59 Å². The van der Waals surface area contributed by atoms with E-state index in [4.69, 9.17) is 9.47 Å². The molecule has 0 unspecified atom stereocenters. The summed E-state index contributed by atoms with van der Waals surface area (Å²) in [6.45, 7) is 4.58. The predicted octanol–water partition coefficient (Wildman–Crippen LogP) is 14.7. The van der Waals surface area contributed by atoms with E-state index < -0.39 is 11.8 Å². The minimum atomic E-state index is -0.450. The molecule has 5 rings (SSSR count). The molecule has 0 spiro atoms. The maximum absolute atomic E-state index is 13.2. The van der Waals surface area contributed by atoms with E-state index in [0.717, 1.165) is 24.0 Å². The van der Waals surface area contributed by atoms with E-state index in [1.807, 2.05) is 12.1 Å². The fourth-order valence-corrected chi connectivity index (χ4v) is 9.72. The number of esters is 2. The van der Waals surface area contributed by atoms with E-state index in [1.165, 1.54) is 191 Å². The highest BCUT2D eigenvalue weighted by molar-refractivity contribution is 5.92. The number of carbonyl (C=O) groups is 2. The largest absolute Gasteiger partial charge is 0.426 e. The standard InChI is InChI=1S/C50H76O4/c1-3-5-7-9-11-13-15-17-19-21-23-25-27-29-31-39-33-35-43-41(37-39)45-46-42-38-40(34-36-44(42)54-50(52)48(46)47(45)49(51)53-43)32-30-28-26-24-22-20-18-16-14-12-10-8-6-4-2/h33-38,45-48H,3-32H2,1-2H3/t45-,46-,47-,48-/m0/s1. The molecule has 2 heterocycles. The van der Waals surface area contributed by atoms with Gasteiger partial charge in [0, 0.05) is 11.8 Å². The van der Waals surface area contributed by atoms with Crippen molar-refractivity contribution in [2.45, 2.75) is 218 Å². The number of hydrogen-bond acceptors (Lipinski definition) is 4. The van der Waals surface area contributed by atoms with Gasteiger partial charge in [0.15, 0.2) is 0 Å². The highest BCUT2D eigenvalue weighted by Crippen LogP contribution is 2.64. The summed E-state index contributed by atoms with van der Waals surface area (Å²) < 4.78 is 11.7. The third-order valence-corrected chi connectivity index (χ3v) is 13.0. The van der Waals surface area contributed by atoms with E-state index in [-0.39, 0.29) is 23.8 Å². The van der Waals surface area contributed by atoms with Crippen LogP contribution in [0.1, 0.15) is 228 Å². The molecular formula is C50H76O4. The molecule has 54 heavy (non-hydrogen) atoms. The summed E-state index contributed by atoms with van der Waals surface area (Å²) in [5.74, 6) is -0.120. The normalized spacial score (nSPS) is 19.7. The number of fused-ring (bicyclic) bond motifs is 8. The maximum Gasteiger partial charge on any atom is 0.315 e. The van der Waals surface area contributed by atoms with E-state index in [0.29, 0.717) is 11.5 Å². The van der Waals surface area contributed by atoms with Crippen LogP contribution in [0.3, 0.4) is 0 Å². The molecule has 300 valence electrons. The summed E-state index contributed by atoms with van der Waals surface area (Å²) in [6.07, 6.45) is 40.3. The zero-order valence-corrected chi connectivity index (χ0v) is 34.6. The van der Waals surface area contributed by atoms with Crippen molar-refractivity contribution in [3.05, 3.63) is 58.7 Å². The van der Waals surface area contributed by atoms with Gasteiger partial charge in [0.2, 0.25) is 0 Å². The Morgan fingerprint density at radius 2 is 0.648 bits per heavy atom. The average Bonchev–Trinajstić information content (AvgIpc) is 3.16. The van der Waals surface area contributed by atoms with Crippen LogP contribution in [0.2, 0.25) is 0 Å². The number of unbranched alkanes of at least 4 members (excludes halogenated alkanes) is 26. The minimum Gasteiger partial charge on any atom is -0.426 e. The molecule has 4 atom stereocenters. The zero-order valence-electron chi connectivity index (χ0n) is 34.6. The Morgan fingerprint density at radius 3 is 0.944 bits per heavy atom. The van der Waals surface area contributed by atoms with Crippen molar-refractivity contribution in [2.75, 3.05) is 0 Å². The van der Waals surface area contributed by atoms with Crippen molar-refractivity contribution in [1.82, 2.24) is 0 Å². The molecule has 0 amide bonds. The summed E-state index contributed by atoms with van der Waals surface area (Å²) in [5, 5.41) is 0. The third kappa shape index (κ3) is 12.7. The number of rotatable bonds is 30. The lowest BCUT2D eigenvalue weighted by atomic mass is 9.51. The molecular weight excluding hydrogens is 665 g/mol. The summed E-state index contributed by atoms with van der Waals surface area (Å²) in [6, 6.07) is 12.9. The lowest BCUT2D eigenvalue weighted by molar-refractivity contribution is -0.165. The van der Waals surface area contributed by atoms with Gasteiger partial charge in [-0.25, -0.2) is 0 Å². The average molecular weight is 741 g/mol. The lowest BCUT2D eigenvalue weighted by Gasteiger charge is -2.53. The van der Waals surface area contributed by atoms with Crippen LogP contribution in [0.4, 0.5) is 0 Å². The number of benzene rings is 2. The summed E-state index contributed by atoms with van der Waals surface area (Å²) in [5.41, 5.74) is 4.86. The second kappa shape index (κ2) is 24.1. The summed E-state index contributed by atoms with van der Waals surface area (Å²) in [7, 11) is 0. The van der Waals surface area contributed by atoms with Crippen LogP contribution in [0.25, 0.3) is 0 Å². The fourth-order valence-electron chi connectivity index (χ4n) is 9.72. The Morgan fingerprint density at radius 1 is 0.370 bits per heavy atom. The first-order valence-corrected chi connectivity index (χ1v) is 23.3. The molecule has 0 saturated heterocycles. The number of carbonyl (C=O) groups excluding carboxylic acids is 2. The lowest BCUT2D eigenvalue weighted by Crippen LogP contribution is -2.57. The van der Waals surface area contributed by atoms with Gasteiger partial charge < -0.3 is 9.47 Å². The van der Waals surface area contributed by atoms with Crippen LogP contribution in [0.15, 0.2) is 36.4 Å². The zero-order chi connectivity index (χ0) is 37.8. The van der Waals surface area contributed by atoms with Gasteiger partial charge in [-0.3, -0.25) is 9.59 Å². The van der Waals surface area contributed by atoms with Gasteiger partial charge in [-0.1, -0.05) is 205 Å². The smallest absolute Gasteiger partial charge is 0.315 e. The van der Waals surface area contributed by atoms with Gasteiger partial charge in [0.1, 0.15) is 11.5 Å². The highest BCUT2D eigenvalue weighted by Gasteiger charge is 2.64. The highest BCUT2D eigenvalue weighted by atomic mass is 16.5. The molecule has 2 aromatic carbocycles. The third-order valence-electron chi connectivity index (χ3n) is 13.0.